The monoisotopic (exact) mass is 721 g/mol. The highest BCUT2D eigenvalue weighted by Crippen LogP contribution is 2.47. The van der Waals surface area contributed by atoms with E-state index in [0.29, 0.717) is 36.3 Å². The third-order valence-corrected chi connectivity index (χ3v) is 11.3. The van der Waals surface area contributed by atoms with E-state index in [1.807, 2.05) is 31.3 Å². The van der Waals surface area contributed by atoms with E-state index in [-0.39, 0.29) is 43.0 Å². The second kappa shape index (κ2) is 15.5. The molecule has 2 aromatic rings. The van der Waals surface area contributed by atoms with E-state index in [0.717, 1.165) is 65.0 Å². The van der Waals surface area contributed by atoms with Gasteiger partial charge in [0.25, 0.3) is 6.23 Å². The highest BCUT2D eigenvalue weighted by atomic mass is 16.5. The Bertz CT molecular complexity index is 1970. The van der Waals surface area contributed by atoms with E-state index in [4.69, 9.17) is 25.9 Å². The third kappa shape index (κ3) is 7.78. The molecule has 4 aliphatic heterocycles. The van der Waals surface area contributed by atoms with Crippen molar-refractivity contribution in [2.24, 2.45) is 27.8 Å². The Hall–Kier alpha value is -4.46. The Morgan fingerprint density at radius 2 is 1.92 bits per heavy atom. The first-order chi connectivity index (χ1) is 25.5. The predicted octanol–water partition coefficient (Wildman–Crippen LogP) is 2.76. The highest BCUT2D eigenvalue weighted by Gasteiger charge is 2.51. The van der Waals surface area contributed by atoms with Gasteiger partial charge in [0.1, 0.15) is 48.1 Å². The van der Waals surface area contributed by atoms with E-state index < -0.39 is 42.0 Å². The maximum absolute atomic E-state index is 12.9. The molecule has 0 amide bonds. The lowest BCUT2D eigenvalue weighted by atomic mass is 9.73. The molecular weight excluding hydrogens is 672 g/mol. The van der Waals surface area contributed by atoms with Crippen molar-refractivity contribution < 1.29 is 39.6 Å². The number of ketones is 1. The fraction of sp³-hybridized carbons (Fsp3) is 0.476. The normalized spacial score (nSPS) is 24.6. The van der Waals surface area contributed by atoms with Gasteiger partial charge in [-0.25, -0.2) is 0 Å². The van der Waals surface area contributed by atoms with E-state index in [2.05, 4.69) is 30.1 Å². The van der Waals surface area contributed by atoms with Crippen LogP contribution in [0.25, 0.3) is 0 Å². The lowest BCUT2D eigenvalue weighted by Crippen LogP contribution is -3.13. The van der Waals surface area contributed by atoms with Crippen molar-refractivity contribution in [2.45, 2.75) is 108 Å². The maximum Gasteiger partial charge on any atom is 0.252 e. The number of aliphatic hydroxyl groups excluding tert-OH is 3. The van der Waals surface area contributed by atoms with Crippen molar-refractivity contribution in [3.63, 3.8) is 0 Å². The molecule has 1 spiro atoms. The van der Waals surface area contributed by atoms with Crippen LogP contribution in [0.1, 0.15) is 99.2 Å². The molecule has 7 rings (SSSR count). The zero-order valence-corrected chi connectivity index (χ0v) is 30.1. The fourth-order valence-corrected chi connectivity index (χ4v) is 8.41. The summed E-state index contributed by atoms with van der Waals surface area (Å²) in [5.41, 5.74) is 17.3. The third-order valence-electron chi connectivity index (χ3n) is 11.3. The molecule has 2 bridgehead atoms. The van der Waals surface area contributed by atoms with Gasteiger partial charge in [-0.2, -0.15) is 0 Å². The maximum atomic E-state index is 12.9. The van der Waals surface area contributed by atoms with Crippen molar-refractivity contribution in [2.75, 3.05) is 6.54 Å². The van der Waals surface area contributed by atoms with Crippen molar-refractivity contribution in [3.8, 4) is 41.1 Å². The smallest absolute Gasteiger partial charge is 0.252 e. The van der Waals surface area contributed by atoms with Crippen molar-refractivity contribution in [3.05, 3.63) is 76.1 Å². The quantitative estimate of drug-likeness (QED) is 0.143. The number of allylic oxidation sites excluding steroid dienone is 1. The summed E-state index contributed by atoms with van der Waals surface area (Å²) in [6.45, 7) is 2.51. The van der Waals surface area contributed by atoms with Gasteiger partial charge in [-0.15, -0.1) is 0 Å². The molecule has 0 saturated heterocycles. The van der Waals surface area contributed by atoms with Gasteiger partial charge in [-0.3, -0.25) is 14.7 Å². The van der Waals surface area contributed by atoms with Gasteiger partial charge < -0.3 is 41.4 Å². The van der Waals surface area contributed by atoms with Crippen LogP contribution in [0.5, 0.6) is 17.2 Å². The molecule has 53 heavy (non-hydrogen) atoms. The number of carbonyl (C=O) groups excluding carboxylic acids is 1. The Morgan fingerprint density at radius 1 is 1.11 bits per heavy atom. The molecule has 5 aliphatic rings. The highest BCUT2D eigenvalue weighted by molar-refractivity contribution is 6.08. The lowest BCUT2D eigenvalue weighted by Gasteiger charge is -2.36. The molecule has 11 heteroatoms. The minimum Gasteiger partial charge on any atom is -0.508 e. The fourth-order valence-electron chi connectivity index (χ4n) is 8.41. The molecule has 2 aromatic carbocycles. The molecule has 0 aromatic heterocycles. The number of aryl methyl sites for hydroxylation is 1. The largest absolute Gasteiger partial charge is 0.508 e. The Balaban J connectivity index is 1.24. The number of hydrogen-bond donors (Lipinski definition) is 7. The first kappa shape index (κ1) is 36.9. The molecule has 1 aliphatic carbocycles. The van der Waals surface area contributed by atoms with E-state index in [1.165, 1.54) is 6.07 Å². The van der Waals surface area contributed by atoms with Crippen molar-refractivity contribution in [1.82, 2.24) is 0 Å². The number of quaternary nitrogens is 1. The number of benzene rings is 2. The van der Waals surface area contributed by atoms with Crippen LogP contribution in [-0.2, 0) is 17.6 Å². The van der Waals surface area contributed by atoms with Gasteiger partial charge in [-0.1, -0.05) is 62.1 Å². The number of rotatable bonds is 10. The van der Waals surface area contributed by atoms with Gasteiger partial charge >= 0.3 is 0 Å². The van der Waals surface area contributed by atoms with Crippen LogP contribution < -0.4 is 25.8 Å². The molecular formula is C42H49N4O7+. The van der Waals surface area contributed by atoms with Crippen LogP contribution in [0, 0.1) is 35.2 Å². The molecule has 6 atom stereocenters. The van der Waals surface area contributed by atoms with Crippen LogP contribution in [-0.4, -0.2) is 56.9 Å². The number of fused-ring (bicyclic) bond motifs is 6. The summed E-state index contributed by atoms with van der Waals surface area (Å²) in [5.74, 6) is 10.1. The number of hydrogen-bond acceptors (Lipinski definition) is 10. The second-order valence-corrected chi connectivity index (χ2v) is 15.1. The molecule has 0 radical (unpaired) electrons. The van der Waals surface area contributed by atoms with E-state index >= 15 is 0 Å². The number of carbonyl (C=O) groups is 1. The van der Waals surface area contributed by atoms with Crippen LogP contribution >= 0.6 is 0 Å². The number of nitrogens with one attached hydrogen (secondary N) is 1. The summed E-state index contributed by atoms with van der Waals surface area (Å²) in [6.07, 6.45) is 8.78. The molecule has 278 valence electrons. The molecule has 4 heterocycles. The SMILES string of the molecule is CCCC(O)CC(O)CC(=O)CCc1cc2c(cc1O)OC#CC1(CCCC1)C1C#CC(O)c3ccc(C(N)N)cc3CC3=CN=C4C[NH+](C=C34)C1O2. The molecule has 11 nitrogen and oxygen atoms in total. The summed E-state index contributed by atoms with van der Waals surface area (Å²) < 4.78 is 13.0. The summed E-state index contributed by atoms with van der Waals surface area (Å²) in [4.78, 5) is 18.7. The van der Waals surface area contributed by atoms with Crippen molar-refractivity contribution >= 4 is 11.5 Å². The van der Waals surface area contributed by atoms with Gasteiger partial charge in [0.2, 0.25) is 0 Å². The van der Waals surface area contributed by atoms with Crippen LogP contribution in [0.3, 0.4) is 0 Å². The van der Waals surface area contributed by atoms with Crippen LogP contribution in [0.2, 0.25) is 0 Å². The number of aliphatic hydroxyl groups is 3. The number of nitrogens with zero attached hydrogens (tertiary/aromatic N) is 1. The average molecular weight is 722 g/mol. The number of ether oxygens (including phenoxy) is 2. The minimum absolute atomic E-state index is 0.0550. The number of aromatic hydroxyl groups is 1. The van der Waals surface area contributed by atoms with Gasteiger partial charge in [0.05, 0.1) is 29.4 Å². The summed E-state index contributed by atoms with van der Waals surface area (Å²) in [7, 11) is 0. The average Bonchev–Trinajstić information content (AvgIpc) is 3.86. The van der Waals surface area contributed by atoms with Crippen LogP contribution in [0.4, 0.5) is 0 Å². The predicted molar refractivity (Wildman–Crippen MR) is 198 cm³/mol. The van der Waals surface area contributed by atoms with Gasteiger partial charge in [0, 0.05) is 31.5 Å². The summed E-state index contributed by atoms with van der Waals surface area (Å²) in [6, 6.07) is 8.80. The summed E-state index contributed by atoms with van der Waals surface area (Å²) >= 11 is 0. The Morgan fingerprint density at radius 3 is 2.70 bits per heavy atom. The summed E-state index contributed by atoms with van der Waals surface area (Å²) in [5, 5.41) is 43.2. The topological polar surface area (TPSA) is 185 Å². The first-order valence-electron chi connectivity index (χ1n) is 18.8. The van der Waals surface area contributed by atoms with Crippen LogP contribution in [0.15, 0.2) is 58.9 Å². The number of phenols is 1. The van der Waals surface area contributed by atoms with Gasteiger partial charge in [0.15, 0.2) is 11.5 Å². The zero-order chi connectivity index (χ0) is 37.3. The minimum atomic E-state index is -1.09. The number of aliphatic imine (C=N–C) groups is 1. The number of Topliss-reactive ketones (excluding diaryl/α,β-unsaturated/α-hetero) is 1. The number of phenolic OH excluding ortho intramolecular Hbond substituents is 1. The molecule has 6 unspecified atom stereocenters. The second-order valence-electron chi connectivity index (χ2n) is 15.1. The Labute approximate surface area is 310 Å². The zero-order valence-electron chi connectivity index (χ0n) is 30.1. The van der Waals surface area contributed by atoms with E-state index in [1.54, 1.807) is 6.07 Å². The van der Waals surface area contributed by atoms with E-state index in [9.17, 15) is 25.2 Å². The molecule has 1 saturated carbocycles. The molecule has 9 N–H and O–H groups in total. The Kier molecular flexibility index (Phi) is 10.8. The van der Waals surface area contributed by atoms with Crippen molar-refractivity contribution in [1.29, 1.82) is 0 Å². The standard InChI is InChI=1S/C42H48N4O7/c1-2-5-29(47)19-31(49)20-30(48)8-6-25-18-39-38(21-37(25)51)52-15-14-42(12-3-4-13-42)34-10-11-36(50)32-9-7-26(40(43)44)16-27(32)17-28-22-45-35-24-46(23-33(28)35)41(34)53-39/h7,9,16,18,21-23,29,31,34,36,40-41,47,49-51H,2-6,8,12-13,17,19-20,24,43-44H2,1H3/p+1. The van der Waals surface area contributed by atoms with Gasteiger partial charge in [-0.05, 0) is 66.0 Å². The number of nitrogens with two attached hydrogens (primary N) is 2. The first-order valence-corrected chi connectivity index (χ1v) is 18.8. The lowest BCUT2D eigenvalue weighted by molar-refractivity contribution is -0.888. The molecule has 1 fully saturated rings.